The van der Waals surface area contributed by atoms with Crippen molar-refractivity contribution in [2.75, 3.05) is 0 Å². The van der Waals surface area contributed by atoms with Crippen LogP contribution >= 0.6 is 0 Å². The predicted octanol–water partition coefficient (Wildman–Crippen LogP) is 8.97. The van der Waals surface area contributed by atoms with E-state index >= 15 is 0 Å². The smallest absolute Gasteiger partial charge is 0.0950 e. The van der Waals surface area contributed by atoms with Crippen LogP contribution in [0.3, 0.4) is 0 Å². The molecule has 0 radical (unpaired) electrons. The third-order valence-corrected chi connectivity index (χ3v) is 5.10. The first kappa shape index (κ1) is 24.5. The molecule has 0 saturated carbocycles. The molecule has 0 fully saturated rings. The molecule has 150 valence electrons. The summed E-state index contributed by atoms with van der Waals surface area (Å²) >= 11 is 0. The average molecular weight is 353 g/mol. The zero-order chi connectivity index (χ0) is 18.4. The highest BCUT2D eigenvalue weighted by Gasteiger charge is 1.99. The van der Waals surface area contributed by atoms with Crippen molar-refractivity contribution in [3.63, 3.8) is 0 Å². The van der Waals surface area contributed by atoms with Gasteiger partial charge in [-0.15, -0.1) is 0 Å². The van der Waals surface area contributed by atoms with Gasteiger partial charge in [-0.1, -0.05) is 104 Å². The molecule has 0 amide bonds. The second-order valence-corrected chi connectivity index (χ2v) is 7.85. The van der Waals surface area contributed by atoms with Crippen LogP contribution in [0.5, 0.6) is 0 Å². The van der Waals surface area contributed by atoms with Gasteiger partial charge in [-0.3, -0.25) is 0 Å². The van der Waals surface area contributed by atoms with Crippen LogP contribution in [-0.4, -0.2) is 6.10 Å². The summed E-state index contributed by atoms with van der Waals surface area (Å²) in [5.41, 5.74) is 0. The molecule has 0 N–H and O–H groups in total. The fourth-order valence-electron chi connectivity index (χ4n) is 3.29. The van der Waals surface area contributed by atoms with E-state index in [1.165, 1.54) is 116 Å². The molecule has 0 spiro atoms. The van der Waals surface area contributed by atoms with Crippen LogP contribution in [0.1, 0.15) is 136 Å². The molecule has 0 heterocycles. The molecule has 0 aromatic rings. The predicted molar refractivity (Wildman–Crippen MR) is 114 cm³/mol. The number of hydrogen-bond acceptors (Lipinski definition) is 1. The number of hydrogen-bond donors (Lipinski definition) is 0. The van der Waals surface area contributed by atoms with Crippen LogP contribution in [0.4, 0.5) is 0 Å². The minimum atomic E-state index is 0.384. The summed E-state index contributed by atoms with van der Waals surface area (Å²) in [5, 5.41) is 0. The Kier molecular flexibility index (Phi) is 21.2. The van der Waals surface area contributed by atoms with Crippen molar-refractivity contribution in [3.8, 4) is 0 Å². The van der Waals surface area contributed by atoms with Gasteiger partial charge in [0, 0.05) is 0 Å². The van der Waals surface area contributed by atoms with Crippen molar-refractivity contribution in [3.05, 3.63) is 12.3 Å². The van der Waals surface area contributed by atoms with E-state index in [-0.39, 0.29) is 0 Å². The van der Waals surface area contributed by atoms with E-state index in [0.717, 1.165) is 0 Å². The first-order valence-corrected chi connectivity index (χ1v) is 11.6. The van der Waals surface area contributed by atoms with Gasteiger partial charge in [0.25, 0.3) is 0 Å². The molecule has 0 aromatic heterocycles. The Bertz CT molecular complexity index is 259. The van der Waals surface area contributed by atoms with Crippen LogP contribution in [0.15, 0.2) is 12.3 Å². The fourth-order valence-corrected chi connectivity index (χ4v) is 3.29. The van der Waals surface area contributed by atoms with Crippen molar-refractivity contribution in [1.29, 1.82) is 0 Å². The molecule has 1 atom stereocenters. The highest BCUT2D eigenvalue weighted by Crippen LogP contribution is 2.12. The molecular weight excluding hydrogens is 304 g/mol. The summed E-state index contributed by atoms with van der Waals surface area (Å²) in [6, 6.07) is 0. The van der Waals surface area contributed by atoms with Gasteiger partial charge in [-0.2, -0.15) is 0 Å². The van der Waals surface area contributed by atoms with E-state index in [0.29, 0.717) is 6.10 Å². The maximum atomic E-state index is 5.78. The molecule has 0 rings (SSSR count). The molecule has 0 bridgehead atoms. The Labute approximate surface area is 160 Å². The van der Waals surface area contributed by atoms with Crippen molar-refractivity contribution in [2.45, 2.75) is 142 Å². The molecule has 1 heteroatoms. The quantitative estimate of drug-likeness (QED) is 0.157. The number of allylic oxidation sites excluding steroid dienone is 1. The summed E-state index contributed by atoms with van der Waals surface area (Å²) in [6.07, 6.45) is 29.3. The molecule has 1 nitrogen and oxygen atoms in total. The summed E-state index contributed by atoms with van der Waals surface area (Å²) in [7, 11) is 0. The molecule has 1 unspecified atom stereocenters. The maximum Gasteiger partial charge on any atom is 0.0950 e. The molecule has 0 aliphatic rings. The Morgan fingerprint density at radius 1 is 0.600 bits per heavy atom. The Morgan fingerprint density at radius 2 is 1.04 bits per heavy atom. The van der Waals surface area contributed by atoms with Gasteiger partial charge in [-0.25, -0.2) is 0 Å². The topological polar surface area (TPSA) is 9.23 Å². The van der Waals surface area contributed by atoms with E-state index in [1.807, 2.05) is 6.26 Å². The van der Waals surface area contributed by atoms with Gasteiger partial charge in [0.15, 0.2) is 0 Å². The third-order valence-electron chi connectivity index (χ3n) is 5.10. The summed E-state index contributed by atoms with van der Waals surface area (Å²) in [4.78, 5) is 0. The van der Waals surface area contributed by atoms with Gasteiger partial charge >= 0.3 is 0 Å². The van der Waals surface area contributed by atoms with Crippen LogP contribution < -0.4 is 0 Å². The van der Waals surface area contributed by atoms with Crippen LogP contribution in [0, 0.1) is 0 Å². The second kappa shape index (κ2) is 21.6. The summed E-state index contributed by atoms with van der Waals surface area (Å²) in [6.45, 7) is 6.77. The third kappa shape index (κ3) is 21.5. The van der Waals surface area contributed by atoms with Crippen LogP contribution in [0.2, 0.25) is 0 Å². The van der Waals surface area contributed by atoms with E-state index in [4.69, 9.17) is 4.74 Å². The van der Waals surface area contributed by atoms with Crippen molar-refractivity contribution < 1.29 is 4.74 Å². The van der Waals surface area contributed by atoms with Crippen LogP contribution in [0.25, 0.3) is 0 Å². The lowest BCUT2D eigenvalue weighted by Gasteiger charge is -2.10. The SMILES string of the molecule is CCCCCCCCCCCCC=COC(C)CCCCCCCC. The lowest BCUT2D eigenvalue weighted by molar-refractivity contribution is 0.148. The van der Waals surface area contributed by atoms with E-state index in [2.05, 4.69) is 26.8 Å². The van der Waals surface area contributed by atoms with E-state index in [1.54, 1.807) is 0 Å². The molecule has 0 saturated heterocycles. The van der Waals surface area contributed by atoms with Crippen LogP contribution in [-0.2, 0) is 4.74 Å². The fraction of sp³-hybridized carbons (Fsp3) is 0.917. The standard InChI is InChI=1S/C24H48O/c1-4-6-8-10-12-13-14-15-16-17-19-21-23-25-24(3)22-20-18-11-9-7-5-2/h21,23-24H,4-20,22H2,1-3H3. The van der Waals surface area contributed by atoms with E-state index in [9.17, 15) is 0 Å². The lowest BCUT2D eigenvalue weighted by atomic mass is 10.1. The second-order valence-electron chi connectivity index (χ2n) is 7.85. The van der Waals surface area contributed by atoms with Gasteiger partial charge < -0.3 is 4.74 Å². The highest BCUT2D eigenvalue weighted by atomic mass is 16.5. The first-order chi connectivity index (χ1) is 12.3. The average Bonchev–Trinajstić information content (AvgIpc) is 2.62. The lowest BCUT2D eigenvalue weighted by Crippen LogP contribution is -2.03. The molecule has 0 aliphatic heterocycles. The van der Waals surface area contributed by atoms with E-state index < -0.39 is 0 Å². The molecule has 25 heavy (non-hydrogen) atoms. The maximum absolute atomic E-state index is 5.78. The zero-order valence-electron chi connectivity index (χ0n) is 17.9. The Balaban J connectivity index is 3.21. The first-order valence-electron chi connectivity index (χ1n) is 11.6. The van der Waals surface area contributed by atoms with Gasteiger partial charge in [0.2, 0.25) is 0 Å². The molecule has 0 aliphatic carbocycles. The van der Waals surface area contributed by atoms with Crippen molar-refractivity contribution in [1.82, 2.24) is 0 Å². The number of unbranched alkanes of at least 4 members (excludes halogenated alkanes) is 15. The zero-order valence-corrected chi connectivity index (χ0v) is 17.9. The van der Waals surface area contributed by atoms with Gasteiger partial charge in [-0.05, 0) is 38.7 Å². The summed E-state index contributed by atoms with van der Waals surface area (Å²) in [5.74, 6) is 0. The van der Waals surface area contributed by atoms with Gasteiger partial charge in [0.1, 0.15) is 0 Å². The van der Waals surface area contributed by atoms with Gasteiger partial charge in [0.05, 0.1) is 12.4 Å². The summed E-state index contributed by atoms with van der Waals surface area (Å²) < 4.78 is 5.78. The van der Waals surface area contributed by atoms with Crippen molar-refractivity contribution >= 4 is 0 Å². The normalized spacial score (nSPS) is 12.8. The monoisotopic (exact) mass is 352 g/mol. The van der Waals surface area contributed by atoms with Crippen molar-refractivity contribution in [2.24, 2.45) is 0 Å². The molecular formula is C24H48O. The highest BCUT2D eigenvalue weighted by molar-refractivity contribution is 4.74. The Hall–Kier alpha value is -0.460. The number of ether oxygens (including phenoxy) is 1. The largest absolute Gasteiger partial charge is 0.499 e. The Morgan fingerprint density at radius 3 is 1.56 bits per heavy atom. The minimum Gasteiger partial charge on any atom is -0.499 e. The number of rotatable bonds is 20. The molecule has 0 aromatic carbocycles. The minimum absolute atomic E-state index is 0.384.